The van der Waals surface area contributed by atoms with Crippen LogP contribution in [0.1, 0.15) is 31.8 Å². The van der Waals surface area contributed by atoms with Crippen LogP contribution in [0.15, 0.2) is 121 Å². The maximum atomic E-state index is 13.1. The van der Waals surface area contributed by atoms with E-state index in [4.69, 9.17) is 9.47 Å². The predicted octanol–water partition coefficient (Wildman–Crippen LogP) is 7.63. The average molecular weight is 565 g/mol. The molecule has 6 nitrogen and oxygen atoms in total. The quantitative estimate of drug-likeness (QED) is 0.183. The maximum absolute atomic E-state index is 13.1. The van der Waals surface area contributed by atoms with Crippen molar-refractivity contribution in [1.29, 1.82) is 0 Å². The first-order valence-electron chi connectivity index (χ1n) is 13.1. The van der Waals surface area contributed by atoms with E-state index in [2.05, 4.69) is 10.6 Å². The highest BCUT2D eigenvalue weighted by Crippen LogP contribution is 2.20. The summed E-state index contributed by atoms with van der Waals surface area (Å²) in [5.41, 5.74) is 3.90. The zero-order valence-electron chi connectivity index (χ0n) is 22.4. The second kappa shape index (κ2) is 13.2. The van der Waals surface area contributed by atoms with Crippen LogP contribution >= 0.6 is 0 Å². The lowest BCUT2D eigenvalue weighted by atomic mass is 10.1. The van der Waals surface area contributed by atoms with Gasteiger partial charge < -0.3 is 20.1 Å². The van der Waals surface area contributed by atoms with Gasteiger partial charge in [-0.15, -0.1) is 0 Å². The monoisotopic (exact) mass is 564 g/mol. The van der Waals surface area contributed by atoms with Gasteiger partial charge in [-0.2, -0.15) is 0 Å². The van der Waals surface area contributed by atoms with Gasteiger partial charge in [0.15, 0.2) is 0 Å². The first-order valence-corrected chi connectivity index (χ1v) is 13.1. The molecule has 0 unspecified atom stereocenters. The van der Waals surface area contributed by atoms with Crippen molar-refractivity contribution in [3.63, 3.8) is 0 Å². The molecule has 0 spiro atoms. The molecule has 2 amide bonds. The second-order valence-electron chi connectivity index (χ2n) is 9.36. The maximum Gasteiger partial charge on any atom is 0.255 e. The molecule has 2 N–H and O–H groups in total. The lowest BCUT2D eigenvalue weighted by Gasteiger charge is -2.10. The molecule has 0 bridgehead atoms. The van der Waals surface area contributed by atoms with Crippen molar-refractivity contribution in [3.05, 3.63) is 155 Å². The van der Waals surface area contributed by atoms with Crippen molar-refractivity contribution in [3.8, 4) is 11.5 Å². The molecule has 0 aliphatic heterocycles. The Morgan fingerprint density at radius 3 is 1.14 bits per heavy atom. The zero-order chi connectivity index (χ0) is 29.3. The molecule has 0 heterocycles. The molecule has 0 fully saturated rings. The topological polar surface area (TPSA) is 76.7 Å². The lowest BCUT2D eigenvalue weighted by Crippen LogP contribution is -2.11. The minimum atomic E-state index is -0.396. The van der Waals surface area contributed by atoms with E-state index in [9.17, 15) is 18.4 Å². The smallest absolute Gasteiger partial charge is 0.255 e. The molecule has 5 aromatic carbocycles. The largest absolute Gasteiger partial charge is 0.489 e. The first-order chi connectivity index (χ1) is 20.4. The Morgan fingerprint density at radius 1 is 0.476 bits per heavy atom. The van der Waals surface area contributed by atoms with Crippen LogP contribution in [0.4, 0.5) is 20.2 Å². The van der Waals surface area contributed by atoms with Gasteiger partial charge in [0, 0.05) is 22.5 Å². The fourth-order valence-corrected chi connectivity index (χ4v) is 3.94. The van der Waals surface area contributed by atoms with Gasteiger partial charge in [0.2, 0.25) is 0 Å². The third-order valence-electron chi connectivity index (χ3n) is 6.27. The van der Waals surface area contributed by atoms with E-state index in [1.807, 2.05) is 24.3 Å². The zero-order valence-corrected chi connectivity index (χ0v) is 22.4. The van der Waals surface area contributed by atoms with Gasteiger partial charge in [-0.05, 0) is 108 Å². The number of amides is 2. The highest BCUT2D eigenvalue weighted by Gasteiger charge is 2.08. The summed E-state index contributed by atoms with van der Waals surface area (Å²) in [5.74, 6) is -0.131. The highest BCUT2D eigenvalue weighted by atomic mass is 19.1. The van der Waals surface area contributed by atoms with Crippen LogP contribution in [0.2, 0.25) is 0 Å². The number of ether oxygens (including phenoxy) is 2. The van der Waals surface area contributed by atoms with Crippen molar-refractivity contribution in [2.45, 2.75) is 13.2 Å². The predicted molar refractivity (Wildman–Crippen MR) is 157 cm³/mol. The summed E-state index contributed by atoms with van der Waals surface area (Å²) in [7, 11) is 0. The van der Waals surface area contributed by atoms with Crippen LogP contribution < -0.4 is 20.1 Å². The third-order valence-corrected chi connectivity index (χ3v) is 6.27. The number of carbonyl (C=O) groups excluding carboxylic acids is 2. The fraction of sp³-hybridized carbons (Fsp3) is 0.0588. The molecule has 0 aliphatic rings. The summed E-state index contributed by atoms with van der Waals surface area (Å²) < 4.78 is 37.8. The van der Waals surface area contributed by atoms with Gasteiger partial charge in [0.25, 0.3) is 11.8 Å². The summed E-state index contributed by atoms with van der Waals surface area (Å²) in [6.45, 7) is 0.737. The summed E-state index contributed by atoms with van der Waals surface area (Å²) in [6, 6.07) is 32.6. The number of hydrogen-bond acceptors (Lipinski definition) is 4. The number of anilines is 2. The molecule has 8 heteroatoms. The number of benzene rings is 5. The van der Waals surface area contributed by atoms with Gasteiger partial charge in [0.1, 0.15) is 36.3 Å². The number of carbonyl (C=O) groups is 2. The Kier molecular flexibility index (Phi) is 8.84. The average Bonchev–Trinajstić information content (AvgIpc) is 3.01. The van der Waals surface area contributed by atoms with E-state index < -0.39 is 11.6 Å². The van der Waals surface area contributed by atoms with E-state index in [0.29, 0.717) is 47.2 Å². The van der Waals surface area contributed by atoms with Crippen LogP contribution in [-0.4, -0.2) is 11.8 Å². The molecule has 0 aliphatic carbocycles. The number of rotatable bonds is 10. The summed E-state index contributed by atoms with van der Waals surface area (Å²) in [5, 5.41) is 5.54. The van der Waals surface area contributed by atoms with Crippen molar-refractivity contribution in [1.82, 2.24) is 0 Å². The van der Waals surface area contributed by atoms with Crippen molar-refractivity contribution >= 4 is 23.2 Å². The summed E-state index contributed by atoms with van der Waals surface area (Å²) >= 11 is 0. The van der Waals surface area contributed by atoms with Crippen LogP contribution in [-0.2, 0) is 13.2 Å². The van der Waals surface area contributed by atoms with Crippen LogP contribution in [0.25, 0.3) is 0 Å². The Bertz CT molecular complexity index is 1510. The fourth-order valence-electron chi connectivity index (χ4n) is 3.94. The molecule has 210 valence electrons. The molecule has 5 aromatic rings. The number of nitrogens with one attached hydrogen (secondary N) is 2. The lowest BCUT2D eigenvalue weighted by molar-refractivity contribution is 0.101. The highest BCUT2D eigenvalue weighted by molar-refractivity contribution is 6.04. The van der Waals surface area contributed by atoms with Crippen LogP contribution in [0, 0.1) is 11.6 Å². The molecule has 0 aromatic heterocycles. The Labute approximate surface area is 241 Å². The standard InChI is InChI=1S/C34H26F2N2O4/c35-27-9-5-25(6-10-27)33(39)37-29-13-17-31(18-14-29)41-21-23-1-2-24(4-3-23)22-42-32-19-15-30(16-20-32)38-34(40)26-7-11-28(36)12-8-26/h1-20H,21-22H2,(H,37,39)(H,38,40). The first kappa shape index (κ1) is 28.0. The van der Waals surface area contributed by atoms with Gasteiger partial charge in [0.05, 0.1) is 0 Å². The van der Waals surface area contributed by atoms with E-state index in [1.54, 1.807) is 48.5 Å². The van der Waals surface area contributed by atoms with Gasteiger partial charge >= 0.3 is 0 Å². The Balaban J connectivity index is 1.05. The molecule has 5 rings (SSSR count). The second-order valence-corrected chi connectivity index (χ2v) is 9.36. The van der Waals surface area contributed by atoms with Crippen LogP contribution in [0.3, 0.4) is 0 Å². The van der Waals surface area contributed by atoms with E-state index in [1.165, 1.54) is 48.5 Å². The Hall–Kier alpha value is -5.50. The van der Waals surface area contributed by atoms with Crippen molar-refractivity contribution < 1.29 is 27.8 Å². The molecule has 0 atom stereocenters. The van der Waals surface area contributed by atoms with Gasteiger partial charge in [-0.25, -0.2) is 8.78 Å². The Morgan fingerprint density at radius 2 is 0.810 bits per heavy atom. The molecular weight excluding hydrogens is 538 g/mol. The van der Waals surface area contributed by atoms with E-state index in [0.717, 1.165) is 11.1 Å². The minimum absolute atomic E-state index is 0.322. The molecule has 0 saturated heterocycles. The summed E-state index contributed by atoms with van der Waals surface area (Å²) in [4.78, 5) is 24.6. The number of halogens is 2. The number of hydrogen-bond donors (Lipinski definition) is 2. The summed E-state index contributed by atoms with van der Waals surface area (Å²) in [6.07, 6.45) is 0. The van der Waals surface area contributed by atoms with Crippen LogP contribution in [0.5, 0.6) is 11.5 Å². The van der Waals surface area contributed by atoms with Gasteiger partial charge in [-0.1, -0.05) is 24.3 Å². The molecule has 42 heavy (non-hydrogen) atoms. The van der Waals surface area contributed by atoms with E-state index >= 15 is 0 Å². The minimum Gasteiger partial charge on any atom is -0.489 e. The third kappa shape index (κ3) is 7.79. The van der Waals surface area contributed by atoms with Gasteiger partial charge in [-0.3, -0.25) is 9.59 Å². The van der Waals surface area contributed by atoms with Crippen molar-refractivity contribution in [2.75, 3.05) is 10.6 Å². The van der Waals surface area contributed by atoms with E-state index in [-0.39, 0.29) is 11.8 Å². The molecule has 0 saturated carbocycles. The SMILES string of the molecule is O=C(Nc1ccc(OCc2ccc(COc3ccc(NC(=O)c4ccc(F)cc4)cc3)cc2)cc1)c1ccc(F)cc1. The molecular formula is C34H26F2N2O4. The molecule has 0 radical (unpaired) electrons. The van der Waals surface area contributed by atoms with Crippen molar-refractivity contribution in [2.24, 2.45) is 0 Å². The normalized spacial score (nSPS) is 10.5.